The van der Waals surface area contributed by atoms with Crippen LogP contribution < -0.4 is 5.32 Å². The van der Waals surface area contributed by atoms with Crippen molar-refractivity contribution in [1.29, 1.82) is 0 Å². The van der Waals surface area contributed by atoms with Crippen molar-refractivity contribution < 1.29 is 14.3 Å². The molecule has 0 saturated carbocycles. The zero-order valence-electron chi connectivity index (χ0n) is 10.0. The highest BCUT2D eigenvalue weighted by atomic mass is 16.6. The molecule has 5 heteroatoms. The Balaban J connectivity index is 2.07. The molecule has 1 heterocycles. The van der Waals surface area contributed by atoms with Gasteiger partial charge >= 0.3 is 5.97 Å². The van der Waals surface area contributed by atoms with Gasteiger partial charge in [0.05, 0.1) is 13.2 Å². The van der Waals surface area contributed by atoms with E-state index in [1.807, 2.05) is 6.92 Å². The van der Waals surface area contributed by atoms with Gasteiger partial charge in [-0.25, -0.2) is 0 Å². The summed E-state index contributed by atoms with van der Waals surface area (Å²) in [7, 11) is 0. The molecule has 0 aliphatic carbocycles. The van der Waals surface area contributed by atoms with Crippen LogP contribution in [0.3, 0.4) is 0 Å². The maximum absolute atomic E-state index is 11.4. The molecule has 1 saturated heterocycles. The molecule has 0 radical (unpaired) electrons. The minimum atomic E-state index is -0.151. The molecular weight excluding hydrogens is 208 g/mol. The van der Waals surface area contributed by atoms with E-state index in [2.05, 4.69) is 10.2 Å². The van der Waals surface area contributed by atoms with Gasteiger partial charge in [0.1, 0.15) is 6.61 Å². The molecule has 0 bridgehead atoms. The fraction of sp³-hybridized carbons (Fsp3) is 0.909. The Morgan fingerprint density at radius 2 is 2.19 bits per heavy atom. The first-order valence-corrected chi connectivity index (χ1v) is 5.99. The van der Waals surface area contributed by atoms with Gasteiger partial charge in [-0.05, 0) is 26.4 Å². The molecule has 16 heavy (non-hydrogen) atoms. The summed E-state index contributed by atoms with van der Waals surface area (Å²) in [5, 5.41) is 3.30. The van der Waals surface area contributed by atoms with Gasteiger partial charge in [0.25, 0.3) is 0 Å². The van der Waals surface area contributed by atoms with Gasteiger partial charge in [-0.15, -0.1) is 0 Å². The molecule has 1 aliphatic heterocycles. The zero-order chi connectivity index (χ0) is 11.6. The van der Waals surface area contributed by atoms with Gasteiger partial charge < -0.3 is 14.8 Å². The van der Waals surface area contributed by atoms with Crippen LogP contribution in [-0.4, -0.2) is 63.4 Å². The summed E-state index contributed by atoms with van der Waals surface area (Å²) in [6, 6.07) is 0. The molecule has 1 rings (SSSR count). The number of nitrogens with zero attached hydrogens (tertiary/aromatic N) is 1. The number of hydrogen-bond donors (Lipinski definition) is 1. The van der Waals surface area contributed by atoms with Gasteiger partial charge in [0.15, 0.2) is 0 Å². The van der Waals surface area contributed by atoms with E-state index in [1.54, 1.807) is 0 Å². The van der Waals surface area contributed by atoms with E-state index in [1.165, 1.54) is 0 Å². The van der Waals surface area contributed by atoms with E-state index in [0.717, 1.165) is 32.6 Å². The van der Waals surface area contributed by atoms with Gasteiger partial charge in [-0.2, -0.15) is 0 Å². The first-order chi connectivity index (χ1) is 7.83. The molecule has 1 fully saturated rings. The Bertz CT molecular complexity index is 192. The van der Waals surface area contributed by atoms with Crippen LogP contribution in [0.1, 0.15) is 13.3 Å². The molecule has 0 amide bonds. The zero-order valence-corrected chi connectivity index (χ0v) is 10.0. The molecule has 1 aliphatic rings. The number of hydrogen-bond acceptors (Lipinski definition) is 5. The van der Waals surface area contributed by atoms with Crippen molar-refractivity contribution in [3.05, 3.63) is 0 Å². The van der Waals surface area contributed by atoms with E-state index < -0.39 is 0 Å². The second kappa shape index (κ2) is 8.50. The smallest absolute Gasteiger partial charge is 0.320 e. The summed E-state index contributed by atoms with van der Waals surface area (Å²) in [5.41, 5.74) is 0. The molecule has 0 aromatic rings. The number of nitrogens with one attached hydrogen (secondary N) is 1. The van der Waals surface area contributed by atoms with Gasteiger partial charge in [0.2, 0.25) is 0 Å². The molecule has 0 atom stereocenters. The summed E-state index contributed by atoms with van der Waals surface area (Å²) in [5.74, 6) is -0.151. The number of esters is 1. The van der Waals surface area contributed by atoms with E-state index in [-0.39, 0.29) is 5.97 Å². The third-order valence-corrected chi connectivity index (χ3v) is 2.48. The van der Waals surface area contributed by atoms with Gasteiger partial charge in [-0.3, -0.25) is 9.69 Å². The third kappa shape index (κ3) is 6.05. The fourth-order valence-electron chi connectivity index (χ4n) is 1.65. The first kappa shape index (κ1) is 13.4. The lowest BCUT2D eigenvalue weighted by Gasteiger charge is -2.17. The average molecular weight is 230 g/mol. The normalized spacial score (nSPS) is 18.1. The molecule has 1 N–H and O–H groups in total. The monoisotopic (exact) mass is 230 g/mol. The predicted molar refractivity (Wildman–Crippen MR) is 61.4 cm³/mol. The second-order valence-electron chi connectivity index (χ2n) is 3.80. The minimum Gasteiger partial charge on any atom is -0.462 e. The van der Waals surface area contributed by atoms with E-state index >= 15 is 0 Å². The summed E-state index contributed by atoms with van der Waals surface area (Å²) >= 11 is 0. The van der Waals surface area contributed by atoms with E-state index in [4.69, 9.17) is 9.47 Å². The molecular formula is C11H22N2O3. The topological polar surface area (TPSA) is 50.8 Å². The molecule has 0 aromatic heterocycles. The second-order valence-corrected chi connectivity index (χ2v) is 3.80. The Labute approximate surface area is 97.1 Å². The van der Waals surface area contributed by atoms with Crippen LogP contribution in [-0.2, 0) is 14.3 Å². The summed E-state index contributed by atoms with van der Waals surface area (Å²) in [6.07, 6.45) is 1.09. The van der Waals surface area contributed by atoms with Crippen molar-refractivity contribution in [1.82, 2.24) is 10.2 Å². The molecule has 5 nitrogen and oxygen atoms in total. The van der Waals surface area contributed by atoms with Crippen LogP contribution in [0.15, 0.2) is 0 Å². The average Bonchev–Trinajstić information content (AvgIpc) is 2.53. The maximum Gasteiger partial charge on any atom is 0.320 e. The lowest BCUT2D eigenvalue weighted by atomic mass is 10.4. The predicted octanol–water partition coefficient (Wildman–Crippen LogP) is -0.139. The Hall–Kier alpha value is -0.650. The van der Waals surface area contributed by atoms with Crippen LogP contribution in [0.4, 0.5) is 0 Å². The Morgan fingerprint density at radius 1 is 1.31 bits per heavy atom. The van der Waals surface area contributed by atoms with E-state index in [9.17, 15) is 4.79 Å². The summed E-state index contributed by atoms with van der Waals surface area (Å²) < 4.78 is 10.2. The molecule has 0 spiro atoms. The maximum atomic E-state index is 11.4. The van der Waals surface area contributed by atoms with Crippen molar-refractivity contribution in [2.45, 2.75) is 13.3 Å². The van der Waals surface area contributed by atoms with Crippen molar-refractivity contribution in [3.63, 3.8) is 0 Å². The van der Waals surface area contributed by atoms with Gasteiger partial charge in [-0.1, -0.05) is 0 Å². The van der Waals surface area contributed by atoms with Crippen molar-refractivity contribution in [2.24, 2.45) is 0 Å². The van der Waals surface area contributed by atoms with Crippen LogP contribution in [0.2, 0.25) is 0 Å². The standard InChI is InChI=1S/C11H22N2O3/c1-2-15-8-9-16-11(14)10-13-6-3-4-12-5-7-13/h12H,2-10H2,1H3. The Morgan fingerprint density at radius 3 is 3.00 bits per heavy atom. The number of carbonyl (C=O) groups is 1. The van der Waals surface area contributed by atoms with Crippen LogP contribution in [0.5, 0.6) is 0 Å². The SMILES string of the molecule is CCOCCOC(=O)CN1CCCNCC1. The van der Waals surface area contributed by atoms with Gasteiger partial charge in [0, 0.05) is 19.7 Å². The minimum absolute atomic E-state index is 0.151. The lowest BCUT2D eigenvalue weighted by Crippen LogP contribution is -2.34. The quantitative estimate of drug-likeness (QED) is 0.508. The van der Waals surface area contributed by atoms with Crippen LogP contribution in [0, 0.1) is 0 Å². The molecule has 0 unspecified atom stereocenters. The Kier molecular flexibility index (Phi) is 7.12. The van der Waals surface area contributed by atoms with Crippen molar-refractivity contribution >= 4 is 5.97 Å². The molecule has 94 valence electrons. The lowest BCUT2D eigenvalue weighted by molar-refractivity contribution is -0.146. The highest BCUT2D eigenvalue weighted by molar-refractivity contribution is 5.71. The number of carbonyl (C=O) groups excluding carboxylic acids is 1. The van der Waals surface area contributed by atoms with Crippen molar-refractivity contribution in [3.8, 4) is 0 Å². The fourth-order valence-corrected chi connectivity index (χ4v) is 1.65. The van der Waals surface area contributed by atoms with Crippen LogP contribution in [0.25, 0.3) is 0 Å². The summed E-state index contributed by atoms with van der Waals surface area (Å²) in [6.45, 7) is 7.70. The van der Waals surface area contributed by atoms with Crippen LogP contribution >= 0.6 is 0 Å². The highest BCUT2D eigenvalue weighted by Gasteiger charge is 2.13. The number of ether oxygens (including phenoxy) is 2. The summed E-state index contributed by atoms with van der Waals surface area (Å²) in [4.78, 5) is 13.6. The first-order valence-electron chi connectivity index (χ1n) is 5.99. The van der Waals surface area contributed by atoms with Crippen molar-refractivity contribution in [2.75, 3.05) is 52.5 Å². The highest BCUT2D eigenvalue weighted by Crippen LogP contribution is 1.95. The third-order valence-electron chi connectivity index (χ3n) is 2.48. The van der Waals surface area contributed by atoms with E-state index in [0.29, 0.717) is 26.4 Å². The largest absolute Gasteiger partial charge is 0.462 e. The number of rotatable bonds is 6. The molecule has 0 aromatic carbocycles.